The van der Waals surface area contributed by atoms with Gasteiger partial charge in [-0.3, -0.25) is 0 Å². The summed E-state index contributed by atoms with van der Waals surface area (Å²) in [5.41, 5.74) is 2.93. The molecule has 0 amide bonds. The Morgan fingerprint density at radius 2 is 0.535 bits per heavy atom. The highest BCUT2D eigenvalue weighted by molar-refractivity contribution is 6.42. The molecule has 9 aromatic carbocycles. The number of aryl methyl sites for hydroxylation is 2. The first-order chi connectivity index (χ1) is 21.2. The summed E-state index contributed by atoms with van der Waals surface area (Å²) in [7, 11) is 0. The zero-order chi connectivity index (χ0) is 29.8. The number of hydrogen-bond acceptors (Lipinski definition) is 0. The van der Waals surface area contributed by atoms with Crippen molar-refractivity contribution in [2.75, 3.05) is 0 Å². The van der Waals surface area contributed by atoms with E-state index in [0.29, 0.717) is 0 Å². The maximum absolute atomic E-state index is 2.41. The van der Waals surface area contributed by atoms with Crippen LogP contribution in [0.3, 0.4) is 0 Å². The van der Waals surface area contributed by atoms with Gasteiger partial charge in [0.05, 0.1) is 0 Å². The molecule has 212 valence electrons. The van der Waals surface area contributed by atoms with Crippen molar-refractivity contribution in [1.29, 1.82) is 0 Å². The van der Waals surface area contributed by atoms with Crippen LogP contribution in [0.5, 0.6) is 0 Å². The van der Waals surface area contributed by atoms with E-state index in [9.17, 15) is 0 Å². The van der Waals surface area contributed by atoms with E-state index in [4.69, 9.17) is 0 Å². The summed E-state index contributed by atoms with van der Waals surface area (Å²) >= 11 is 0. The zero-order valence-corrected chi connectivity index (χ0v) is 26.4. The first-order valence-electron chi connectivity index (χ1n) is 16.3. The highest BCUT2D eigenvalue weighted by Gasteiger charge is 2.21. The van der Waals surface area contributed by atoms with E-state index in [1.807, 2.05) is 13.8 Å². The molecule has 0 aromatic heterocycles. The van der Waals surface area contributed by atoms with Gasteiger partial charge in [-0.25, -0.2) is 0 Å². The van der Waals surface area contributed by atoms with Gasteiger partial charge in [-0.05, 0) is 110 Å². The smallest absolute Gasteiger partial charge is 0.00140 e. The van der Waals surface area contributed by atoms with Crippen LogP contribution in [0.15, 0.2) is 97.1 Å². The Hall–Kier alpha value is -4.42. The lowest BCUT2D eigenvalue weighted by Gasteiger charge is -2.22. The van der Waals surface area contributed by atoms with Gasteiger partial charge in [-0.15, -0.1) is 0 Å². The standard InChI is InChI=1S/C38H26.C3H8.C2H6/c1-3-21-23-9-5-7-11-25(23)29-15-19-33-34-20-16-30-26-12-8-6-10-24(26)22(4-2)28-14-18-32(38(34)36(28)30)31-17-13-27(21)35(29)37(31)33;1-3-2;1-2/h5-20H,3-4H2,1-2H3;3H2,1-2H3;1-2H3. The fourth-order valence-corrected chi connectivity index (χ4v) is 7.85. The Morgan fingerprint density at radius 1 is 0.302 bits per heavy atom. The second-order valence-electron chi connectivity index (χ2n) is 11.6. The molecule has 43 heavy (non-hydrogen) atoms. The van der Waals surface area contributed by atoms with Crippen molar-refractivity contribution in [3.05, 3.63) is 108 Å². The van der Waals surface area contributed by atoms with E-state index >= 15 is 0 Å². The van der Waals surface area contributed by atoms with Gasteiger partial charge in [0, 0.05) is 0 Å². The molecule has 0 spiro atoms. The summed E-state index contributed by atoms with van der Waals surface area (Å²) in [4.78, 5) is 0. The van der Waals surface area contributed by atoms with Crippen LogP contribution >= 0.6 is 0 Å². The molecule has 0 N–H and O–H groups in total. The minimum atomic E-state index is 1.03. The summed E-state index contributed by atoms with van der Waals surface area (Å²) in [6.45, 7) is 12.8. The Kier molecular flexibility index (Phi) is 6.82. The summed E-state index contributed by atoms with van der Waals surface area (Å²) < 4.78 is 0. The second kappa shape index (κ2) is 10.7. The Labute approximate surface area is 254 Å². The van der Waals surface area contributed by atoms with Crippen LogP contribution < -0.4 is 0 Å². The lowest BCUT2D eigenvalue weighted by molar-refractivity contribution is 1.09. The summed E-state index contributed by atoms with van der Waals surface area (Å²) in [6.07, 6.45) is 3.31. The SMILES string of the molecule is CC.CCC.CCc1c2ccccc2c2ccc3c4ccc5c6ccccc6c(CC)c6ccc(c7ccc1c2c73)c4c65. The van der Waals surface area contributed by atoms with Crippen LogP contribution in [0, 0.1) is 0 Å². The molecular formula is C43H40. The van der Waals surface area contributed by atoms with E-state index in [-0.39, 0.29) is 0 Å². The summed E-state index contributed by atoms with van der Waals surface area (Å²) in [5.74, 6) is 0. The van der Waals surface area contributed by atoms with E-state index in [2.05, 4.69) is 125 Å². The van der Waals surface area contributed by atoms with Crippen LogP contribution in [0.2, 0.25) is 0 Å². The highest BCUT2D eigenvalue weighted by Crippen LogP contribution is 2.49. The minimum absolute atomic E-state index is 1.03. The third-order valence-electron chi connectivity index (χ3n) is 9.34. The van der Waals surface area contributed by atoms with Crippen molar-refractivity contribution in [3.63, 3.8) is 0 Å². The van der Waals surface area contributed by atoms with Gasteiger partial charge in [0.1, 0.15) is 0 Å². The van der Waals surface area contributed by atoms with Crippen molar-refractivity contribution in [2.45, 2.75) is 60.8 Å². The molecule has 0 nitrogen and oxygen atoms in total. The van der Waals surface area contributed by atoms with Crippen LogP contribution in [-0.4, -0.2) is 0 Å². The van der Waals surface area contributed by atoms with Crippen molar-refractivity contribution in [1.82, 2.24) is 0 Å². The molecule has 0 aliphatic carbocycles. The van der Waals surface area contributed by atoms with Gasteiger partial charge < -0.3 is 0 Å². The van der Waals surface area contributed by atoms with Crippen molar-refractivity contribution in [3.8, 4) is 0 Å². The third-order valence-corrected chi connectivity index (χ3v) is 9.34. The van der Waals surface area contributed by atoms with Gasteiger partial charge >= 0.3 is 0 Å². The predicted octanol–water partition coefficient (Wildman–Crippen LogP) is 13.4. The van der Waals surface area contributed by atoms with E-state index in [0.717, 1.165) is 12.8 Å². The molecule has 0 aliphatic rings. The minimum Gasteiger partial charge on any atom is -0.0683 e. The topological polar surface area (TPSA) is 0 Å². The number of benzene rings is 9. The van der Waals surface area contributed by atoms with Crippen LogP contribution in [0.1, 0.15) is 59.1 Å². The number of fused-ring (bicyclic) bond motifs is 6. The largest absolute Gasteiger partial charge is 0.0683 e. The van der Waals surface area contributed by atoms with Crippen molar-refractivity contribution >= 4 is 86.2 Å². The molecule has 0 heteroatoms. The second-order valence-corrected chi connectivity index (χ2v) is 11.6. The normalized spacial score (nSPS) is 11.8. The first-order valence-corrected chi connectivity index (χ1v) is 16.3. The van der Waals surface area contributed by atoms with E-state index in [1.165, 1.54) is 104 Å². The first kappa shape index (κ1) is 27.4. The molecule has 9 aromatic rings. The van der Waals surface area contributed by atoms with Crippen LogP contribution in [0.4, 0.5) is 0 Å². The van der Waals surface area contributed by atoms with Gasteiger partial charge in [0.2, 0.25) is 0 Å². The average Bonchev–Trinajstić information content (AvgIpc) is 3.07. The number of rotatable bonds is 2. The Bertz CT molecular complexity index is 2230. The Morgan fingerprint density at radius 3 is 0.837 bits per heavy atom. The Balaban J connectivity index is 0.000000568. The molecule has 0 saturated heterocycles. The summed E-state index contributed by atoms with van der Waals surface area (Å²) in [5, 5.41) is 22.3. The molecule has 0 aliphatic heterocycles. The molecule has 0 saturated carbocycles. The van der Waals surface area contributed by atoms with Gasteiger partial charge in [-0.1, -0.05) is 145 Å². The van der Waals surface area contributed by atoms with Gasteiger partial charge in [0.25, 0.3) is 0 Å². The van der Waals surface area contributed by atoms with Gasteiger partial charge in [0.15, 0.2) is 0 Å². The third kappa shape index (κ3) is 3.69. The molecule has 0 heterocycles. The van der Waals surface area contributed by atoms with Gasteiger partial charge in [-0.2, -0.15) is 0 Å². The van der Waals surface area contributed by atoms with Crippen molar-refractivity contribution in [2.24, 2.45) is 0 Å². The van der Waals surface area contributed by atoms with Crippen LogP contribution in [0.25, 0.3) is 86.2 Å². The lowest BCUT2D eigenvalue weighted by Crippen LogP contribution is -1.95. The fraction of sp³-hybridized carbons (Fsp3) is 0.209. The van der Waals surface area contributed by atoms with Crippen LogP contribution in [-0.2, 0) is 12.8 Å². The molecule has 0 fully saturated rings. The summed E-state index contributed by atoms with van der Waals surface area (Å²) in [6, 6.07) is 37.1. The molecule has 0 radical (unpaired) electrons. The molecule has 9 rings (SSSR count). The molecular weight excluding hydrogens is 516 g/mol. The zero-order valence-electron chi connectivity index (χ0n) is 26.4. The van der Waals surface area contributed by atoms with E-state index in [1.54, 1.807) is 0 Å². The monoisotopic (exact) mass is 556 g/mol. The maximum atomic E-state index is 2.41. The predicted molar refractivity (Wildman–Crippen MR) is 195 cm³/mol. The fourth-order valence-electron chi connectivity index (χ4n) is 7.85. The van der Waals surface area contributed by atoms with Crippen molar-refractivity contribution < 1.29 is 0 Å². The molecule has 0 bridgehead atoms. The van der Waals surface area contributed by atoms with E-state index < -0.39 is 0 Å². The number of hydrogen-bond donors (Lipinski definition) is 0. The quantitative estimate of drug-likeness (QED) is 0.147. The highest BCUT2D eigenvalue weighted by atomic mass is 14.2. The lowest BCUT2D eigenvalue weighted by atomic mass is 9.81. The average molecular weight is 557 g/mol. The maximum Gasteiger partial charge on any atom is -0.00140 e. The molecule has 0 unspecified atom stereocenters. The molecule has 0 atom stereocenters.